The van der Waals surface area contributed by atoms with E-state index in [-0.39, 0.29) is 41.0 Å². The molecule has 4 aliphatic carbocycles. The Morgan fingerprint density at radius 3 is 2.52 bits per heavy atom. The Morgan fingerprint density at radius 2 is 1.85 bits per heavy atom. The van der Waals surface area contributed by atoms with Crippen LogP contribution in [0, 0.1) is 39.9 Å². The summed E-state index contributed by atoms with van der Waals surface area (Å²) in [5, 5.41) is 9.69. The zero-order valence-corrected chi connectivity index (χ0v) is 16.8. The number of carbonyl (C=O) groups excluding carboxylic acids is 2. The predicted molar refractivity (Wildman–Crippen MR) is 98.8 cm³/mol. The van der Waals surface area contributed by atoms with E-state index >= 15 is 0 Å². The molecule has 0 amide bonds. The topological polar surface area (TPSA) is 80.7 Å². The molecule has 4 saturated carbocycles. The minimum Gasteiger partial charge on any atom is -0.481 e. The van der Waals surface area contributed by atoms with Gasteiger partial charge in [0, 0.05) is 13.3 Å². The number of carboxylic acids is 1. The van der Waals surface area contributed by atoms with Crippen LogP contribution >= 0.6 is 0 Å². The molecule has 0 aromatic rings. The minimum atomic E-state index is -0.622. The highest BCUT2D eigenvalue weighted by Crippen LogP contribution is 2.71. The summed E-state index contributed by atoms with van der Waals surface area (Å²) in [5.74, 6) is 0.110. The van der Waals surface area contributed by atoms with Crippen LogP contribution < -0.4 is 0 Å². The number of aliphatic carboxylic acids is 1. The first kappa shape index (κ1) is 18.9. The third-order valence-electron chi connectivity index (χ3n) is 9.14. The quantitative estimate of drug-likeness (QED) is 0.757. The van der Waals surface area contributed by atoms with E-state index in [0.29, 0.717) is 18.3 Å². The maximum absolute atomic E-state index is 12.9. The second-order valence-corrected chi connectivity index (χ2v) is 10.3. The van der Waals surface area contributed by atoms with Crippen LogP contribution in [0.1, 0.15) is 72.1 Å². The van der Waals surface area contributed by atoms with Gasteiger partial charge in [-0.1, -0.05) is 6.92 Å². The number of esters is 1. The lowest BCUT2D eigenvalue weighted by molar-refractivity contribution is -0.180. The van der Waals surface area contributed by atoms with Gasteiger partial charge in [-0.05, 0) is 80.5 Å². The van der Waals surface area contributed by atoms with Gasteiger partial charge in [0.1, 0.15) is 12.4 Å². The van der Waals surface area contributed by atoms with Crippen molar-refractivity contribution < 1.29 is 24.2 Å². The van der Waals surface area contributed by atoms with E-state index in [1.165, 1.54) is 6.92 Å². The Kier molecular flexibility index (Phi) is 4.25. The largest absolute Gasteiger partial charge is 0.481 e. The molecule has 7 atom stereocenters. The Bertz CT molecular complexity index is 686. The van der Waals surface area contributed by atoms with Crippen molar-refractivity contribution in [3.8, 4) is 0 Å². The first-order valence-electron chi connectivity index (χ1n) is 10.5. The SMILES string of the molecule is CC(=O)OCC1(C)C(=O)CCC2(C)C3CCC4CC3(CCC12)CC4C(=O)O. The van der Waals surface area contributed by atoms with E-state index in [9.17, 15) is 19.5 Å². The minimum absolute atomic E-state index is 0.0272. The predicted octanol–water partition coefficient (Wildman–Crippen LogP) is 3.84. The van der Waals surface area contributed by atoms with Gasteiger partial charge < -0.3 is 9.84 Å². The van der Waals surface area contributed by atoms with E-state index in [4.69, 9.17) is 4.74 Å². The molecule has 0 saturated heterocycles. The summed E-state index contributed by atoms with van der Waals surface area (Å²) < 4.78 is 5.36. The fourth-order valence-corrected chi connectivity index (χ4v) is 8.02. The first-order valence-corrected chi connectivity index (χ1v) is 10.5. The molecule has 0 aliphatic heterocycles. The molecule has 7 unspecified atom stereocenters. The number of ketones is 1. The van der Waals surface area contributed by atoms with Crippen molar-refractivity contribution in [1.82, 2.24) is 0 Å². The summed E-state index contributed by atoms with van der Waals surface area (Å²) in [7, 11) is 0. The van der Waals surface area contributed by atoms with E-state index in [1.54, 1.807) is 0 Å². The second-order valence-electron chi connectivity index (χ2n) is 10.3. The molecule has 0 aromatic carbocycles. The van der Waals surface area contributed by atoms with Crippen molar-refractivity contribution in [2.45, 2.75) is 72.1 Å². The maximum Gasteiger partial charge on any atom is 0.306 e. The molecule has 5 nitrogen and oxygen atoms in total. The van der Waals surface area contributed by atoms with Crippen molar-refractivity contribution in [3.63, 3.8) is 0 Å². The molecule has 1 spiro atoms. The summed E-state index contributed by atoms with van der Waals surface area (Å²) in [6, 6.07) is 0. The fourth-order valence-electron chi connectivity index (χ4n) is 8.02. The molecule has 4 aliphatic rings. The van der Waals surface area contributed by atoms with Crippen molar-refractivity contribution in [3.05, 3.63) is 0 Å². The van der Waals surface area contributed by atoms with Crippen LogP contribution in [-0.4, -0.2) is 29.4 Å². The van der Waals surface area contributed by atoms with Gasteiger partial charge in [-0.25, -0.2) is 0 Å². The number of rotatable bonds is 3. The maximum atomic E-state index is 12.9. The average Bonchev–Trinajstić information content (AvgIpc) is 2.88. The molecule has 2 bridgehead atoms. The average molecular weight is 376 g/mol. The number of fused-ring (bicyclic) bond motifs is 3. The molecule has 0 aromatic heterocycles. The molecule has 1 N–H and O–H groups in total. The highest BCUT2D eigenvalue weighted by molar-refractivity contribution is 5.86. The molecule has 0 heterocycles. The molecule has 4 fully saturated rings. The lowest BCUT2D eigenvalue weighted by Gasteiger charge is -2.63. The Balaban J connectivity index is 1.66. The Hall–Kier alpha value is -1.39. The van der Waals surface area contributed by atoms with Gasteiger partial charge >= 0.3 is 11.9 Å². The van der Waals surface area contributed by atoms with Crippen molar-refractivity contribution in [2.24, 2.45) is 39.9 Å². The molecule has 27 heavy (non-hydrogen) atoms. The molecular weight excluding hydrogens is 344 g/mol. The van der Waals surface area contributed by atoms with E-state index in [0.717, 1.165) is 44.9 Å². The van der Waals surface area contributed by atoms with Crippen LogP contribution in [-0.2, 0) is 19.1 Å². The fraction of sp³-hybridized carbons (Fsp3) is 0.864. The number of carbonyl (C=O) groups is 3. The molecule has 150 valence electrons. The van der Waals surface area contributed by atoms with Gasteiger partial charge in [-0.3, -0.25) is 14.4 Å². The zero-order valence-electron chi connectivity index (χ0n) is 16.8. The summed E-state index contributed by atoms with van der Waals surface area (Å²) >= 11 is 0. The number of hydrogen-bond acceptors (Lipinski definition) is 4. The second kappa shape index (κ2) is 6.05. The van der Waals surface area contributed by atoms with Crippen LogP contribution in [0.25, 0.3) is 0 Å². The van der Waals surface area contributed by atoms with Gasteiger partial charge in [-0.2, -0.15) is 0 Å². The summed E-state index contributed by atoms with van der Waals surface area (Å²) in [5.41, 5.74) is -0.443. The standard InChI is InChI=1S/C22H32O5/c1-13(23)27-12-21(3)16-6-9-22-10-14(15(11-22)19(25)26)4-5-17(22)20(16,2)8-7-18(21)24/h14-17H,4-12H2,1-3H3,(H,25,26). The van der Waals surface area contributed by atoms with Gasteiger partial charge in [0.15, 0.2) is 0 Å². The van der Waals surface area contributed by atoms with E-state index in [1.807, 2.05) is 6.92 Å². The van der Waals surface area contributed by atoms with Crippen molar-refractivity contribution in [2.75, 3.05) is 6.61 Å². The third-order valence-corrected chi connectivity index (χ3v) is 9.14. The van der Waals surface area contributed by atoms with Crippen LogP contribution in [0.4, 0.5) is 0 Å². The van der Waals surface area contributed by atoms with Crippen LogP contribution in [0.5, 0.6) is 0 Å². The normalized spacial score (nSPS) is 48.5. The third kappa shape index (κ3) is 2.60. The first-order chi connectivity index (χ1) is 12.6. The van der Waals surface area contributed by atoms with Crippen molar-refractivity contribution in [1.29, 1.82) is 0 Å². The number of hydrogen-bond donors (Lipinski definition) is 1. The molecule has 5 heteroatoms. The summed E-state index contributed by atoms with van der Waals surface area (Å²) in [6.45, 7) is 5.92. The van der Waals surface area contributed by atoms with Crippen LogP contribution in [0.2, 0.25) is 0 Å². The van der Waals surface area contributed by atoms with Crippen LogP contribution in [0.15, 0.2) is 0 Å². The molecule has 0 radical (unpaired) electrons. The van der Waals surface area contributed by atoms with E-state index in [2.05, 4.69) is 6.92 Å². The number of carboxylic acid groups (broad SMARTS) is 1. The summed E-state index contributed by atoms with van der Waals surface area (Å²) in [6.07, 6.45) is 7.33. The lowest BCUT2D eigenvalue weighted by Crippen LogP contribution is -2.60. The molecule has 4 rings (SSSR count). The van der Waals surface area contributed by atoms with Crippen molar-refractivity contribution >= 4 is 17.7 Å². The zero-order chi connectivity index (χ0) is 19.6. The summed E-state index contributed by atoms with van der Waals surface area (Å²) in [4.78, 5) is 36.1. The van der Waals surface area contributed by atoms with Crippen LogP contribution in [0.3, 0.4) is 0 Å². The molecular formula is C22H32O5. The van der Waals surface area contributed by atoms with Gasteiger partial charge in [0.2, 0.25) is 0 Å². The highest BCUT2D eigenvalue weighted by Gasteiger charge is 2.66. The smallest absolute Gasteiger partial charge is 0.306 e. The Morgan fingerprint density at radius 1 is 1.11 bits per heavy atom. The van der Waals surface area contributed by atoms with Gasteiger partial charge in [0.25, 0.3) is 0 Å². The number of Topliss-reactive ketones (excluding diaryl/α,β-unsaturated/α-hetero) is 1. The lowest BCUT2D eigenvalue weighted by atomic mass is 9.41. The van der Waals surface area contributed by atoms with Gasteiger partial charge in [-0.15, -0.1) is 0 Å². The van der Waals surface area contributed by atoms with E-state index < -0.39 is 11.4 Å². The monoisotopic (exact) mass is 376 g/mol. The highest BCUT2D eigenvalue weighted by atomic mass is 16.5. The van der Waals surface area contributed by atoms with Gasteiger partial charge in [0.05, 0.1) is 11.3 Å². The Labute approximate surface area is 161 Å². The number of ether oxygens (including phenoxy) is 1.